The summed E-state index contributed by atoms with van der Waals surface area (Å²) in [4.78, 5) is 13.7. The Morgan fingerprint density at radius 2 is 1.66 bits per heavy atom. The minimum Gasteiger partial charge on any atom is -0.378 e. The quantitative estimate of drug-likeness (QED) is 0.383. The van der Waals surface area contributed by atoms with Gasteiger partial charge in [0.1, 0.15) is 5.82 Å². The number of aryl methyl sites for hydroxylation is 2. The van der Waals surface area contributed by atoms with E-state index in [9.17, 15) is 0 Å². The molecule has 0 saturated carbocycles. The monoisotopic (exact) mass is 482 g/mol. The van der Waals surface area contributed by atoms with Crippen LogP contribution in [0.15, 0.2) is 73.1 Å². The van der Waals surface area contributed by atoms with Crippen LogP contribution in [0.25, 0.3) is 5.82 Å². The second-order valence-corrected chi connectivity index (χ2v) is 9.60. The standard InChI is InChI=1S/C28H30N6S/c1-18-9-8-16-30-27(18)33-19(2)17-23(20(33)3)26-25(24-10-6-7-15-29-24)31-28(35)34(26)22-13-11-21(12-14-22)32(4)5/h6-17,25-26H,1-5H3,(H,31,35)/t25-,26-/m0/s1. The van der Waals surface area contributed by atoms with Crippen molar-refractivity contribution in [3.8, 4) is 5.82 Å². The van der Waals surface area contributed by atoms with Crippen molar-refractivity contribution in [1.82, 2.24) is 19.9 Å². The van der Waals surface area contributed by atoms with Gasteiger partial charge >= 0.3 is 0 Å². The van der Waals surface area contributed by atoms with Gasteiger partial charge in [0.2, 0.25) is 0 Å². The molecule has 4 aromatic rings. The molecule has 1 saturated heterocycles. The van der Waals surface area contributed by atoms with Crippen molar-refractivity contribution < 1.29 is 0 Å². The second-order valence-electron chi connectivity index (χ2n) is 9.21. The lowest BCUT2D eigenvalue weighted by atomic mass is 9.96. The van der Waals surface area contributed by atoms with Crippen LogP contribution in [-0.2, 0) is 0 Å². The predicted molar refractivity (Wildman–Crippen MR) is 146 cm³/mol. The maximum absolute atomic E-state index is 5.92. The fraction of sp³-hybridized carbons (Fsp3) is 0.250. The third-order valence-corrected chi connectivity index (χ3v) is 7.04. The molecule has 1 aliphatic heterocycles. The molecule has 0 aliphatic carbocycles. The molecule has 5 rings (SSSR count). The van der Waals surface area contributed by atoms with E-state index in [4.69, 9.17) is 22.2 Å². The van der Waals surface area contributed by atoms with Crippen molar-refractivity contribution in [1.29, 1.82) is 0 Å². The van der Waals surface area contributed by atoms with Crippen LogP contribution in [0.3, 0.4) is 0 Å². The highest BCUT2D eigenvalue weighted by Gasteiger charge is 2.42. The van der Waals surface area contributed by atoms with Crippen LogP contribution in [0.1, 0.15) is 40.3 Å². The van der Waals surface area contributed by atoms with Crippen LogP contribution in [-0.4, -0.2) is 33.7 Å². The first-order valence-electron chi connectivity index (χ1n) is 11.8. The topological polar surface area (TPSA) is 49.2 Å². The number of rotatable bonds is 5. The molecule has 0 spiro atoms. The number of thiocarbonyl (C=S) groups is 1. The van der Waals surface area contributed by atoms with Gasteiger partial charge in [0.25, 0.3) is 0 Å². The molecule has 1 N–H and O–H groups in total. The molecular weight excluding hydrogens is 452 g/mol. The summed E-state index contributed by atoms with van der Waals surface area (Å²) < 4.78 is 2.24. The van der Waals surface area contributed by atoms with Crippen LogP contribution in [0.4, 0.5) is 11.4 Å². The Balaban J connectivity index is 1.67. The lowest BCUT2D eigenvalue weighted by molar-refractivity contribution is 0.565. The summed E-state index contributed by atoms with van der Waals surface area (Å²) in [6, 6.07) is 20.8. The van der Waals surface area contributed by atoms with E-state index >= 15 is 0 Å². The van der Waals surface area contributed by atoms with Crippen LogP contribution in [0.2, 0.25) is 0 Å². The largest absolute Gasteiger partial charge is 0.378 e. The number of hydrogen-bond donors (Lipinski definition) is 1. The zero-order valence-corrected chi connectivity index (χ0v) is 21.5. The summed E-state index contributed by atoms with van der Waals surface area (Å²) in [5.74, 6) is 0.957. The highest BCUT2D eigenvalue weighted by Crippen LogP contribution is 2.44. The van der Waals surface area contributed by atoms with Crippen LogP contribution < -0.4 is 15.1 Å². The van der Waals surface area contributed by atoms with Gasteiger partial charge < -0.3 is 19.7 Å². The minimum absolute atomic E-state index is 0.0634. The van der Waals surface area contributed by atoms with Crippen LogP contribution in [0, 0.1) is 20.8 Å². The summed E-state index contributed by atoms with van der Waals surface area (Å²) in [5, 5.41) is 4.27. The first kappa shape index (κ1) is 23.1. The third-order valence-electron chi connectivity index (χ3n) is 6.72. The van der Waals surface area contributed by atoms with E-state index in [1.54, 1.807) is 0 Å². The van der Waals surface area contributed by atoms with Gasteiger partial charge in [-0.1, -0.05) is 12.1 Å². The van der Waals surface area contributed by atoms with Crippen molar-refractivity contribution in [3.63, 3.8) is 0 Å². The maximum atomic E-state index is 5.92. The molecule has 0 unspecified atom stereocenters. The highest BCUT2D eigenvalue weighted by molar-refractivity contribution is 7.80. The van der Waals surface area contributed by atoms with E-state index in [0.717, 1.165) is 39.8 Å². The Bertz CT molecular complexity index is 1360. The molecule has 6 nitrogen and oxygen atoms in total. The first-order valence-corrected chi connectivity index (χ1v) is 12.2. The van der Waals surface area contributed by atoms with Crippen molar-refractivity contribution in [2.24, 2.45) is 0 Å². The van der Waals surface area contributed by atoms with Crippen molar-refractivity contribution >= 4 is 28.7 Å². The van der Waals surface area contributed by atoms with Crippen molar-refractivity contribution in [2.45, 2.75) is 32.9 Å². The Kier molecular flexibility index (Phi) is 6.03. The van der Waals surface area contributed by atoms with E-state index in [1.807, 2.05) is 44.7 Å². The zero-order valence-electron chi connectivity index (χ0n) is 20.7. The fourth-order valence-electron chi connectivity index (χ4n) is 4.98. The van der Waals surface area contributed by atoms with Crippen molar-refractivity contribution in [2.75, 3.05) is 23.9 Å². The minimum atomic E-state index is -0.0870. The van der Waals surface area contributed by atoms with Gasteiger partial charge in [0, 0.05) is 49.3 Å². The molecule has 1 fully saturated rings. The van der Waals surface area contributed by atoms with Gasteiger partial charge in [-0.3, -0.25) is 4.98 Å². The number of aromatic nitrogens is 3. The predicted octanol–water partition coefficient (Wildman–Crippen LogP) is 5.44. The van der Waals surface area contributed by atoms with E-state index < -0.39 is 0 Å². The Morgan fingerprint density at radius 1 is 0.914 bits per heavy atom. The van der Waals surface area contributed by atoms with Gasteiger partial charge in [-0.2, -0.15) is 0 Å². The average Bonchev–Trinajstić information content (AvgIpc) is 3.35. The summed E-state index contributed by atoms with van der Waals surface area (Å²) in [6.45, 7) is 6.40. The van der Waals surface area contributed by atoms with E-state index in [2.05, 4.69) is 82.9 Å². The Labute approximate surface area is 212 Å². The van der Waals surface area contributed by atoms with E-state index in [-0.39, 0.29) is 12.1 Å². The Hall–Kier alpha value is -3.71. The number of nitrogens with zero attached hydrogens (tertiary/aromatic N) is 5. The molecule has 3 aromatic heterocycles. The number of nitrogens with one attached hydrogen (secondary N) is 1. The summed E-state index contributed by atoms with van der Waals surface area (Å²) in [5.41, 5.74) is 7.79. The first-order chi connectivity index (χ1) is 16.9. The highest BCUT2D eigenvalue weighted by atomic mass is 32.1. The smallest absolute Gasteiger partial charge is 0.174 e. The normalized spacial score (nSPS) is 17.5. The third kappa shape index (κ3) is 4.06. The van der Waals surface area contributed by atoms with Crippen molar-refractivity contribution in [3.05, 3.63) is 101 Å². The number of benzene rings is 1. The molecule has 2 atom stereocenters. The number of pyridine rings is 2. The molecule has 178 valence electrons. The zero-order chi connectivity index (χ0) is 24.7. The number of hydrogen-bond acceptors (Lipinski definition) is 4. The number of anilines is 2. The molecule has 1 aliphatic rings. The molecule has 1 aromatic carbocycles. The van der Waals surface area contributed by atoms with E-state index in [0.29, 0.717) is 5.11 Å². The molecular formula is C28H30N6S. The average molecular weight is 483 g/mol. The SMILES string of the molecule is Cc1cccnc1-n1c(C)cc([C@H]2[C@H](c3ccccn3)NC(=S)N2c2ccc(N(C)C)cc2)c1C. The van der Waals surface area contributed by atoms with Gasteiger partial charge in [-0.25, -0.2) is 4.98 Å². The van der Waals surface area contributed by atoms with Gasteiger partial charge in [-0.15, -0.1) is 0 Å². The summed E-state index contributed by atoms with van der Waals surface area (Å²) in [7, 11) is 4.09. The van der Waals surface area contributed by atoms with Gasteiger partial charge in [0.15, 0.2) is 5.11 Å². The molecule has 0 amide bonds. The molecule has 4 heterocycles. The molecule has 35 heavy (non-hydrogen) atoms. The van der Waals surface area contributed by atoms with Gasteiger partial charge in [0.05, 0.1) is 17.8 Å². The lowest BCUT2D eigenvalue weighted by Crippen LogP contribution is -2.29. The van der Waals surface area contributed by atoms with Crippen LogP contribution in [0.5, 0.6) is 0 Å². The maximum Gasteiger partial charge on any atom is 0.174 e. The molecule has 0 radical (unpaired) electrons. The fourth-order valence-corrected chi connectivity index (χ4v) is 5.33. The van der Waals surface area contributed by atoms with Crippen LogP contribution >= 0.6 is 12.2 Å². The molecule has 7 heteroatoms. The molecule has 0 bridgehead atoms. The second kappa shape index (κ2) is 9.15. The Morgan fingerprint density at radius 3 is 2.31 bits per heavy atom. The summed E-state index contributed by atoms with van der Waals surface area (Å²) in [6.07, 6.45) is 3.69. The lowest BCUT2D eigenvalue weighted by Gasteiger charge is -2.28. The summed E-state index contributed by atoms with van der Waals surface area (Å²) >= 11 is 5.92. The van der Waals surface area contributed by atoms with E-state index in [1.165, 1.54) is 5.56 Å². The van der Waals surface area contributed by atoms with Gasteiger partial charge in [-0.05, 0) is 92.6 Å².